The second-order valence-corrected chi connectivity index (χ2v) is 7.00. The van der Waals surface area contributed by atoms with Gasteiger partial charge in [-0.2, -0.15) is 0 Å². The van der Waals surface area contributed by atoms with Crippen molar-refractivity contribution in [2.45, 2.75) is 69.9 Å². The van der Waals surface area contributed by atoms with Crippen molar-refractivity contribution in [3.8, 4) is 0 Å². The third-order valence-electron chi connectivity index (χ3n) is 5.46. The molecule has 1 aromatic carbocycles. The molecule has 3 rings (SSSR count). The first-order valence-electron chi connectivity index (χ1n) is 8.75. The highest BCUT2D eigenvalue weighted by molar-refractivity contribution is 5.35. The van der Waals surface area contributed by atoms with Crippen molar-refractivity contribution in [3.05, 3.63) is 35.4 Å². The van der Waals surface area contributed by atoms with Crippen LogP contribution in [-0.2, 0) is 6.54 Å². The Morgan fingerprint density at radius 2 is 1.95 bits per heavy atom. The Kier molecular flexibility index (Phi) is 4.66. The number of benzene rings is 1. The number of hydrogen-bond donors (Lipinski definition) is 1. The van der Waals surface area contributed by atoms with Gasteiger partial charge in [-0.25, -0.2) is 0 Å². The van der Waals surface area contributed by atoms with Gasteiger partial charge in [-0.3, -0.25) is 4.90 Å². The van der Waals surface area contributed by atoms with Crippen LogP contribution < -0.4 is 0 Å². The average Bonchev–Trinajstić information content (AvgIpc) is 2.53. The van der Waals surface area contributed by atoms with Crippen molar-refractivity contribution in [2.24, 2.45) is 0 Å². The molecule has 1 atom stereocenters. The predicted molar refractivity (Wildman–Crippen MR) is 87.4 cm³/mol. The van der Waals surface area contributed by atoms with Gasteiger partial charge in [0, 0.05) is 19.0 Å². The molecule has 21 heavy (non-hydrogen) atoms. The molecule has 1 fully saturated rings. The van der Waals surface area contributed by atoms with Crippen molar-refractivity contribution in [1.29, 1.82) is 0 Å². The minimum atomic E-state index is -0.473. The van der Waals surface area contributed by atoms with E-state index in [9.17, 15) is 5.11 Å². The van der Waals surface area contributed by atoms with Crippen LogP contribution in [0.5, 0.6) is 0 Å². The molecule has 2 nitrogen and oxygen atoms in total. The maximum absolute atomic E-state index is 11.3. The molecule has 0 amide bonds. The van der Waals surface area contributed by atoms with Crippen molar-refractivity contribution in [1.82, 2.24) is 4.90 Å². The molecule has 0 spiro atoms. The van der Waals surface area contributed by atoms with Crippen molar-refractivity contribution < 1.29 is 5.11 Å². The van der Waals surface area contributed by atoms with Gasteiger partial charge in [0.05, 0.1) is 5.60 Å². The second-order valence-electron chi connectivity index (χ2n) is 7.00. The van der Waals surface area contributed by atoms with E-state index in [2.05, 4.69) is 36.1 Å². The molecule has 1 unspecified atom stereocenters. The smallest absolute Gasteiger partial charge is 0.0728 e. The lowest BCUT2D eigenvalue weighted by Crippen LogP contribution is -2.47. The number of aliphatic hydroxyl groups is 1. The largest absolute Gasteiger partial charge is 0.389 e. The van der Waals surface area contributed by atoms with Gasteiger partial charge in [0.25, 0.3) is 0 Å². The summed E-state index contributed by atoms with van der Waals surface area (Å²) in [5, 5.41) is 11.3. The molecule has 116 valence electrons. The lowest BCUT2D eigenvalue weighted by molar-refractivity contribution is -0.0357. The zero-order valence-corrected chi connectivity index (χ0v) is 13.4. The van der Waals surface area contributed by atoms with Crippen LogP contribution in [0.2, 0.25) is 0 Å². The van der Waals surface area contributed by atoms with Gasteiger partial charge in [0.2, 0.25) is 0 Å². The molecule has 2 heteroatoms. The van der Waals surface area contributed by atoms with Crippen LogP contribution in [0.1, 0.15) is 68.9 Å². The Bertz CT molecular complexity index is 464. The maximum atomic E-state index is 11.3. The first kappa shape index (κ1) is 15.1. The zero-order valence-electron chi connectivity index (χ0n) is 13.4. The lowest BCUT2D eigenvalue weighted by Gasteiger charge is -2.45. The number of unbranched alkanes of at least 4 members (excludes halogenated alkanes) is 1. The summed E-state index contributed by atoms with van der Waals surface area (Å²) in [4.78, 5) is 2.56. The summed E-state index contributed by atoms with van der Waals surface area (Å²) in [5.74, 6) is 0.305. The third-order valence-corrected chi connectivity index (χ3v) is 5.46. The summed E-state index contributed by atoms with van der Waals surface area (Å²) in [6, 6.07) is 8.79. The molecule has 0 radical (unpaired) electrons. The molecular weight excluding hydrogens is 258 g/mol. The summed E-state index contributed by atoms with van der Waals surface area (Å²) < 4.78 is 0. The highest BCUT2D eigenvalue weighted by atomic mass is 16.3. The van der Waals surface area contributed by atoms with Crippen LogP contribution in [0.15, 0.2) is 24.3 Å². The summed E-state index contributed by atoms with van der Waals surface area (Å²) in [5.41, 5.74) is 2.37. The number of nitrogens with zero attached hydrogens (tertiary/aromatic N) is 1. The van der Waals surface area contributed by atoms with E-state index in [1.54, 1.807) is 0 Å². The normalized spacial score (nSPS) is 25.5. The van der Waals surface area contributed by atoms with Crippen LogP contribution >= 0.6 is 0 Å². The highest BCUT2D eigenvalue weighted by Crippen LogP contribution is 2.43. The summed E-state index contributed by atoms with van der Waals surface area (Å²) >= 11 is 0. The molecular formula is C19H29NO. The molecule has 1 heterocycles. The van der Waals surface area contributed by atoms with Crippen molar-refractivity contribution >= 4 is 0 Å². The van der Waals surface area contributed by atoms with E-state index >= 15 is 0 Å². The van der Waals surface area contributed by atoms with Gasteiger partial charge in [0.1, 0.15) is 0 Å². The first-order chi connectivity index (χ1) is 10.2. The summed E-state index contributed by atoms with van der Waals surface area (Å²) in [7, 11) is 0. The van der Waals surface area contributed by atoms with Crippen LogP contribution in [-0.4, -0.2) is 28.7 Å². The number of hydrogen-bond acceptors (Lipinski definition) is 2. The van der Waals surface area contributed by atoms with Gasteiger partial charge < -0.3 is 5.11 Å². The molecule has 0 aromatic heterocycles. The lowest BCUT2D eigenvalue weighted by atomic mass is 9.70. The molecule has 2 aliphatic rings. The highest BCUT2D eigenvalue weighted by Gasteiger charge is 2.41. The van der Waals surface area contributed by atoms with E-state index in [4.69, 9.17) is 0 Å². The van der Waals surface area contributed by atoms with E-state index < -0.39 is 5.60 Å². The first-order valence-corrected chi connectivity index (χ1v) is 8.75. The monoisotopic (exact) mass is 287 g/mol. The fourth-order valence-electron chi connectivity index (χ4n) is 4.20. The Labute approximate surface area is 129 Å². The van der Waals surface area contributed by atoms with Crippen molar-refractivity contribution in [3.63, 3.8) is 0 Å². The van der Waals surface area contributed by atoms with E-state index in [1.807, 2.05) is 0 Å². The molecule has 1 aliphatic carbocycles. The number of rotatable bonds is 4. The Morgan fingerprint density at radius 1 is 1.19 bits per heavy atom. The minimum Gasteiger partial charge on any atom is -0.389 e. The zero-order chi connectivity index (χ0) is 14.7. The molecule has 1 aromatic rings. The topological polar surface area (TPSA) is 23.5 Å². The van der Waals surface area contributed by atoms with E-state index in [1.165, 1.54) is 43.2 Å². The van der Waals surface area contributed by atoms with Gasteiger partial charge in [-0.15, -0.1) is 0 Å². The van der Waals surface area contributed by atoms with Crippen LogP contribution in [0, 0.1) is 0 Å². The van der Waals surface area contributed by atoms with Crippen molar-refractivity contribution in [2.75, 3.05) is 13.1 Å². The Morgan fingerprint density at radius 3 is 2.71 bits per heavy atom. The summed E-state index contributed by atoms with van der Waals surface area (Å²) in [6.07, 6.45) is 8.12. The van der Waals surface area contributed by atoms with E-state index in [-0.39, 0.29) is 0 Å². The fourth-order valence-corrected chi connectivity index (χ4v) is 4.20. The second kappa shape index (κ2) is 6.50. The molecule has 0 saturated heterocycles. The van der Waals surface area contributed by atoms with Gasteiger partial charge in [-0.1, -0.05) is 56.9 Å². The summed E-state index contributed by atoms with van der Waals surface area (Å²) in [6.45, 7) is 5.51. The molecule has 1 N–H and O–H groups in total. The predicted octanol–water partition coefficient (Wildman–Crippen LogP) is 4.08. The van der Waals surface area contributed by atoms with E-state index in [0.29, 0.717) is 5.92 Å². The molecule has 0 bridgehead atoms. The van der Waals surface area contributed by atoms with Crippen LogP contribution in [0.4, 0.5) is 0 Å². The SMILES string of the molecule is CCCCN1Cc2ccccc2C(C2(O)CCCCC2)C1. The van der Waals surface area contributed by atoms with Gasteiger partial charge >= 0.3 is 0 Å². The number of fused-ring (bicyclic) bond motifs is 1. The average molecular weight is 287 g/mol. The Balaban J connectivity index is 1.86. The maximum Gasteiger partial charge on any atom is 0.0728 e. The molecule has 1 aliphatic heterocycles. The third kappa shape index (κ3) is 3.17. The van der Waals surface area contributed by atoms with Gasteiger partial charge in [0.15, 0.2) is 0 Å². The van der Waals surface area contributed by atoms with Crippen LogP contribution in [0.25, 0.3) is 0 Å². The quantitative estimate of drug-likeness (QED) is 0.902. The fraction of sp³-hybridized carbons (Fsp3) is 0.684. The van der Waals surface area contributed by atoms with E-state index in [0.717, 1.165) is 32.5 Å². The Hall–Kier alpha value is -0.860. The standard InChI is InChI=1S/C19H29NO/c1-2-3-13-20-14-16-9-5-6-10-17(16)18(15-20)19(21)11-7-4-8-12-19/h5-6,9-10,18,21H,2-4,7-8,11-15H2,1H3. The van der Waals surface area contributed by atoms with Crippen LogP contribution in [0.3, 0.4) is 0 Å². The van der Waals surface area contributed by atoms with Gasteiger partial charge in [-0.05, 0) is 36.9 Å². The minimum absolute atomic E-state index is 0.305. The molecule has 1 saturated carbocycles.